The number of amides is 1. The van der Waals surface area contributed by atoms with Crippen LogP contribution in [0.3, 0.4) is 0 Å². The summed E-state index contributed by atoms with van der Waals surface area (Å²) >= 11 is 0. The molecule has 12 nitrogen and oxygen atoms in total. The number of carbonyl (C=O) groups is 1. The van der Waals surface area contributed by atoms with Gasteiger partial charge in [-0.15, -0.1) is 0 Å². The lowest BCUT2D eigenvalue weighted by Crippen LogP contribution is -2.51. The van der Waals surface area contributed by atoms with Crippen LogP contribution < -0.4 is 25.4 Å². The standard InChI is InChI=1S/C26H24F10N8O4/c1-14(41-16-10-40-44(13-47-7-3-24(28,29)30)22(46)19(16)26(34,35)36)12-48-17-2-4-37-21(20(17)27)43-6-5-42(11-18(43)45)23-38-8-15(9-39-23)25(31,32)33/h2,4,8-10,14,41H,3,5-7,11-13H2,1H3. The molecule has 0 aliphatic carbocycles. The van der Waals surface area contributed by atoms with E-state index < -0.39 is 103 Å². The van der Waals surface area contributed by atoms with Crippen LogP contribution in [0.25, 0.3) is 0 Å². The zero-order chi connectivity index (χ0) is 35.4. The van der Waals surface area contributed by atoms with E-state index in [0.717, 1.165) is 17.2 Å². The van der Waals surface area contributed by atoms with Gasteiger partial charge in [-0.2, -0.15) is 49.0 Å². The van der Waals surface area contributed by atoms with Crippen LogP contribution in [0.1, 0.15) is 24.5 Å². The van der Waals surface area contributed by atoms with Gasteiger partial charge in [-0.3, -0.25) is 14.5 Å². The minimum Gasteiger partial charge on any atom is -0.488 e. The molecule has 22 heteroatoms. The fourth-order valence-electron chi connectivity index (χ4n) is 4.24. The third-order valence-corrected chi connectivity index (χ3v) is 6.52. The van der Waals surface area contributed by atoms with E-state index in [1.165, 1.54) is 11.8 Å². The van der Waals surface area contributed by atoms with Gasteiger partial charge in [-0.25, -0.2) is 19.6 Å². The molecule has 0 spiro atoms. The normalized spacial score (nSPS) is 15.1. The second-order valence-electron chi connectivity index (χ2n) is 10.2. The summed E-state index contributed by atoms with van der Waals surface area (Å²) in [6.45, 7) is -1.62. The van der Waals surface area contributed by atoms with E-state index in [1.54, 1.807) is 0 Å². The van der Waals surface area contributed by atoms with Crippen molar-refractivity contribution in [3.63, 3.8) is 0 Å². The van der Waals surface area contributed by atoms with Crippen LogP contribution in [0.5, 0.6) is 5.75 Å². The summed E-state index contributed by atoms with van der Waals surface area (Å²) in [7, 11) is 0. The first-order valence-corrected chi connectivity index (χ1v) is 13.7. The van der Waals surface area contributed by atoms with E-state index in [0.29, 0.717) is 18.6 Å². The molecule has 0 aromatic carbocycles. The summed E-state index contributed by atoms with van der Waals surface area (Å²) < 4.78 is 142. The van der Waals surface area contributed by atoms with Crippen LogP contribution in [0.4, 0.5) is 61.4 Å². The van der Waals surface area contributed by atoms with Crippen molar-refractivity contribution in [2.45, 2.75) is 44.6 Å². The van der Waals surface area contributed by atoms with E-state index in [9.17, 15) is 49.1 Å². The van der Waals surface area contributed by atoms with Crippen molar-refractivity contribution >= 4 is 23.4 Å². The van der Waals surface area contributed by atoms with Crippen LogP contribution in [0.2, 0.25) is 0 Å². The maximum atomic E-state index is 15.4. The molecule has 48 heavy (non-hydrogen) atoms. The van der Waals surface area contributed by atoms with Crippen LogP contribution in [0, 0.1) is 5.82 Å². The molecule has 0 radical (unpaired) electrons. The quantitative estimate of drug-likeness (QED) is 0.229. The number of piperazine rings is 1. The Bertz CT molecular complexity index is 1650. The van der Waals surface area contributed by atoms with Gasteiger partial charge < -0.3 is 19.7 Å². The molecule has 3 aromatic heterocycles. The number of ether oxygens (including phenoxy) is 2. The van der Waals surface area contributed by atoms with Gasteiger partial charge in [0.2, 0.25) is 17.7 Å². The molecule has 1 N–H and O–H groups in total. The molecule has 1 aliphatic heterocycles. The third-order valence-electron chi connectivity index (χ3n) is 6.52. The summed E-state index contributed by atoms with van der Waals surface area (Å²) in [6.07, 6.45) is -13.0. The maximum Gasteiger partial charge on any atom is 0.423 e. The minimum absolute atomic E-state index is 0.00169. The Hall–Kier alpha value is -4.76. The van der Waals surface area contributed by atoms with Crippen LogP contribution >= 0.6 is 0 Å². The molecular weight excluding hydrogens is 678 g/mol. The number of hydrogen-bond donors (Lipinski definition) is 1. The van der Waals surface area contributed by atoms with Crippen LogP contribution in [-0.2, 0) is 28.6 Å². The summed E-state index contributed by atoms with van der Waals surface area (Å²) in [4.78, 5) is 38.7. The molecule has 1 amide bonds. The van der Waals surface area contributed by atoms with Crippen LogP contribution in [0.15, 0.2) is 35.6 Å². The zero-order valence-electron chi connectivity index (χ0n) is 24.5. The summed E-state index contributed by atoms with van der Waals surface area (Å²) in [5.41, 5.74) is -5.26. The number of halogens is 10. The van der Waals surface area contributed by atoms with E-state index in [-0.39, 0.29) is 23.7 Å². The summed E-state index contributed by atoms with van der Waals surface area (Å²) in [5.74, 6) is -2.83. The average molecular weight is 703 g/mol. The lowest BCUT2D eigenvalue weighted by molar-refractivity contribution is -0.148. The molecule has 3 aromatic rings. The minimum atomic E-state index is -5.21. The first kappa shape index (κ1) is 36.1. The van der Waals surface area contributed by atoms with Crippen molar-refractivity contribution in [1.29, 1.82) is 0 Å². The number of carbonyl (C=O) groups excluding carboxylic acids is 1. The Morgan fingerprint density at radius 2 is 1.65 bits per heavy atom. The Balaban J connectivity index is 1.39. The predicted molar refractivity (Wildman–Crippen MR) is 144 cm³/mol. The van der Waals surface area contributed by atoms with Gasteiger partial charge in [-0.05, 0) is 6.92 Å². The van der Waals surface area contributed by atoms with Gasteiger partial charge in [0.1, 0.15) is 25.4 Å². The van der Waals surface area contributed by atoms with Gasteiger partial charge in [0.25, 0.3) is 5.56 Å². The second-order valence-corrected chi connectivity index (χ2v) is 10.2. The Morgan fingerprint density at radius 3 is 2.25 bits per heavy atom. The number of alkyl halides is 9. The third kappa shape index (κ3) is 8.98. The average Bonchev–Trinajstić information content (AvgIpc) is 2.98. The van der Waals surface area contributed by atoms with Crippen molar-refractivity contribution < 1.29 is 58.2 Å². The van der Waals surface area contributed by atoms with E-state index in [2.05, 4.69) is 30.1 Å². The number of rotatable bonds is 11. The molecule has 0 bridgehead atoms. The molecule has 1 fully saturated rings. The van der Waals surface area contributed by atoms with Crippen molar-refractivity contribution in [3.05, 3.63) is 58.2 Å². The van der Waals surface area contributed by atoms with E-state index in [4.69, 9.17) is 4.74 Å². The van der Waals surface area contributed by atoms with Gasteiger partial charge in [0.15, 0.2) is 11.6 Å². The number of hydrogen-bond acceptors (Lipinski definition) is 10. The highest BCUT2D eigenvalue weighted by Crippen LogP contribution is 2.33. The first-order valence-electron chi connectivity index (χ1n) is 13.7. The first-order chi connectivity index (χ1) is 22.3. The SMILES string of the molecule is CC(COc1ccnc(N2CCN(c3ncc(C(F)(F)F)cn3)CC2=O)c1F)Nc1cnn(COCCC(F)(F)F)c(=O)c1C(F)(F)F. The number of aromatic nitrogens is 5. The fourth-order valence-corrected chi connectivity index (χ4v) is 4.24. The van der Waals surface area contributed by atoms with Gasteiger partial charge >= 0.3 is 18.5 Å². The number of nitrogens with zero attached hydrogens (tertiary/aromatic N) is 7. The Labute approximate surface area is 263 Å². The monoisotopic (exact) mass is 702 g/mol. The molecule has 4 rings (SSSR count). The Kier molecular flexibility index (Phi) is 10.6. The maximum absolute atomic E-state index is 15.4. The van der Waals surface area contributed by atoms with Crippen molar-refractivity contribution in [2.24, 2.45) is 0 Å². The molecular formula is C26H24F10N8O4. The second kappa shape index (κ2) is 14.2. The Morgan fingerprint density at radius 1 is 0.958 bits per heavy atom. The van der Waals surface area contributed by atoms with Crippen LogP contribution in [-0.4, -0.2) is 75.7 Å². The number of nitrogens with one attached hydrogen (secondary N) is 1. The molecule has 1 aliphatic rings. The molecule has 262 valence electrons. The smallest absolute Gasteiger partial charge is 0.423 e. The highest BCUT2D eigenvalue weighted by molar-refractivity contribution is 5.96. The van der Waals surface area contributed by atoms with Crippen molar-refractivity contribution in [3.8, 4) is 5.75 Å². The van der Waals surface area contributed by atoms with Crippen molar-refractivity contribution in [1.82, 2.24) is 24.7 Å². The van der Waals surface area contributed by atoms with E-state index in [1.807, 2.05) is 0 Å². The molecule has 4 heterocycles. The number of anilines is 3. The van der Waals surface area contributed by atoms with Crippen molar-refractivity contribution in [2.75, 3.05) is 48.0 Å². The molecule has 1 atom stereocenters. The summed E-state index contributed by atoms with van der Waals surface area (Å²) in [6, 6.07) is 0.0708. The molecule has 0 saturated carbocycles. The summed E-state index contributed by atoms with van der Waals surface area (Å²) in [5, 5.41) is 5.90. The predicted octanol–water partition coefficient (Wildman–Crippen LogP) is 4.26. The van der Waals surface area contributed by atoms with Gasteiger partial charge in [0.05, 0.1) is 36.5 Å². The van der Waals surface area contributed by atoms with E-state index >= 15 is 4.39 Å². The number of pyridine rings is 1. The van der Waals surface area contributed by atoms with Gasteiger partial charge in [-0.1, -0.05) is 0 Å². The van der Waals surface area contributed by atoms with Gasteiger partial charge in [0, 0.05) is 37.7 Å². The largest absolute Gasteiger partial charge is 0.488 e. The highest BCUT2D eigenvalue weighted by Gasteiger charge is 2.39. The fraction of sp³-hybridized carbons (Fsp3) is 0.462. The highest BCUT2D eigenvalue weighted by atomic mass is 19.4. The molecule has 1 unspecified atom stereocenters. The lowest BCUT2D eigenvalue weighted by Gasteiger charge is -2.33. The topological polar surface area (TPSA) is 128 Å². The zero-order valence-corrected chi connectivity index (χ0v) is 24.5. The lowest BCUT2D eigenvalue weighted by atomic mass is 10.2. The molecule has 1 saturated heterocycles.